The molecule has 0 saturated heterocycles. The molecule has 0 heterocycles. The van der Waals surface area contributed by atoms with Crippen LogP contribution in [0.15, 0.2) is 24.5 Å². The Hall–Kier alpha value is -0.900. The Balaban J connectivity index is 4.55. The quantitative estimate of drug-likeness (QED) is 0.533. The Kier molecular flexibility index (Phi) is 4.62. The Labute approximate surface area is 77.1 Å². The first-order chi connectivity index (χ1) is 5.99. The molecule has 76 valence electrons. The van der Waals surface area contributed by atoms with Crippen molar-refractivity contribution in [2.45, 2.75) is 25.8 Å². The number of ether oxygens (including phenoxy) is 1. The van der Waals surface area contributed by atoms with Crippen molar-refractivity contribution in [1.29, 1.82) is 0 Å². The zero-order chi connectivity index (χ0) is 10.5. The van der Waals surface area contributed by atoms with Crippen molar-refractivity contribution in [1.82, 2.24) is 0 Å². The number of hydrogen-bond donors (Lipinski definition) is 1. The summed E-state index contributed by atoms with van der Waals surface area (Å²) in [7, 11) is 0. The molecule has 2 nitrogen and oxygen atoms in total. The first kappa shape index (κ1) is 12.1. The lowest BCUT2D eigenvalue weighted by Gasteiger charge is -2.22. The molecule has 0 aliphatic rings. The van der Waals surface area contributed by atoms with Crippen molar-refractivity contribution in [3.05, 3.63) is 24.5 Å². The minimum atomic E-state index is -3.13. The van der Waals surface area contributed by atoms with Crippen LogP contribution in [0.1, 0.15) is 13.8 Å². The van der Waals surface area contributed by atoms with E-state index in [9.17, 15) is 8.78 Å². The molecule has 0 aromatic heterocycles. The molecule has 0 aliphatic heterocycles. The summed E-state index contributed by atoms with van der Waals surface area (Å²) in [6.07, 6.45) is 1.96. The molecule has 1 atom stereocenters. The Morgan fingerprint density at radius 1 is 1.69 bits per heavy atom. The van der Waals surface area contributed by atoms with Crippen LogP contribution in [-0.4, -0.2) is 18.6 Å². The van der Waals surface area contributed by atoms with Gasteiger partial charge in [0.15, 0.2) is 0 Å². The molecule has 1 unspecified atom stereocenters. The second kappa shape index (κ2) is 4.97. The van der Waals surface area contributed by atoms with E-state index in [0.29, 0.717) is 12.7 Å². The Morgan fingerprint density at radius 2 is 2.23 bits per heavy atom. The lowest BCUT2D eigenvalue weighted by molar-refractivity contribution is 0.0173. The fourth-order valence-corrected chi connectivity index (χ4v) is 0.836. The van der Waals surface area contributed by atoms with E-state index < -0.39 is 12.0 Å². The van der Waals surface area contributed by atoms with Gasteiger partial charge in [0.1, 0.15) is 11.8 Å². The molecule has 0 fully saturated rings. The smallest absolute Gasteiger partial charge is 0.288 e. The molecule has 4 heteroatoms. The van der Waals surface area contributed by atoms with E-state index in [1.54, 1.807) is 13.8 Å². The van der Waals surface area contributed by atoms with E-state index in [1.165, 1.54) is 6.08 Å². The molecule has 0 amide bonds. The zero-order valence-corrected chi connectivity index (χ0v) is 7.89. The maximum atomic E-state index is 12.9. The van der Waals surface area contributed by atoms with Crippen LogP contribution in [0.4, 0.5) is 8.78 Å². The van der Waals surface area contributed by atoms with Gasteiger partial charge < -0.3 is 10.5 Å². The van der Waals surface area contributed by atoms with E-state index >= 15 is 0 Å². The van der Waals surface area contributed by atoms with Crippen LogP contribution in [0.3, 0.4) is 0 Å². The first-order valence-corrected chi connectivity index (χ1v) is 4.05. The number of nitrogens with two attached hydrogens (primary N) is 1. The number of hydrogen-bond acceptors (Lipinski definition) is 2. The molecule has 0 spiro atoms. The third-order valence-corrected chi connectivity index (χ3v) is 1.59. The van der Waals surface area contributed by atoms with Crippen molar-refractivity contribution in [2.75, 3.05) is 6.61 Å². The minimum absolute atomic E-state index is 0.0902. The topological polar surface area (TPSA) is 35.2 Å². The summed E-state index contributed by atoms with van der Waals surface area (Å²) in [5, 5.41) is 0. The van der Waals surface area contributed by atoms with Gasteiger partial charge in [-0.3, -0.25) is 0 Å². The van der Waals surface area contributed by atoms with Gasteiger partial charge in [0, 0.05) is 0 Å². The predicted octanol–water partition coefficient (Wildman–Crippen LogP) is 2.08. The average Bonchev–Trinajstić information content (AvgIpc) is 2.13. The molecule has 0 saturated carbocycles. The summed E-state index contributed by atoms with van der Waals surface area (Å²) >= 11 is 0. The van der Waals surface area contributed by atoms with Crippen molar-refractivity contribution >= 4 is 0 Å². The van der Waals surface area contributed by atoms with Crippen LogP contribution in [-0.2, 0) is 4.74 Å². The fourth-order valence-electron chi connectivity index (χ4n) is 0.836. The molecular weight excluding hydrogens is 176 g/mol. The molecule has 0 bridgehead atoms. The van der Waals surface area contributed by atoms with Gasteiger partial charge in [0.25, 0.3) is 5.92 Å². The minimum Gasteiger partial charge on any atom is -0.497 e. The van der Waals surface area contributed by atoms with E-state index in [4.69, 9.17) is 10.5 Å². The fraction of sp³-hybridized carbons (Fsp3) is 0.556. The summed E-state index contributed by atoms with van der Waals surface area (Å²) in [5.41, 5.74) is 5.29. The second-order valence-corrected chi connectivity index (χ2v) is 2.48. The first-order valence-electron chi connectivity index (χ1n) is 4.05. The highest BCUT2D eigenvalue weighted by Gasteiger charge is 2.36. The highest BCUT2D eigenvalue weighted by Crippen LogP contribution is 2.23. The summed E-state index contributed by atoms with van der Waals surface area (Å²) in [6.45, 7) is 6.65. The maximum absolute atomic E-state index is 12.9. The predicted molar refractivity (Wildman–Crippen MR) is 48.5 cm³/mol. The van der Waals surface area contributed by atoms with Crippen LogP contribution in [0, 0.1) is 0 Å². The van der Waals surface area contributed by atoms with Gasteiger partial charge in [-0.1, -0.05) is 6.58 Å². The van der Waals surface area contributed by atoms with Gasteiger partial charge in [-0.05, 0) is 26.0 Å². The van der Waals surface area contributed by atoms with Crippen LogP contribution in [0.2, 0.25) is 0 Å². The standard InChI is InChI=1S/C9H15F2NO/c1-4-7(13-6-3)8(12)9(10,11)5-2/h4-5,8H,2,6,12H2,1,3H3/b7-4-. The summed E-state index contributed by atoms with van der Waals surface area (Å²) in [6, 6.07) is -1.45. The van der Waals surface area contributed by atoms with Gasteiger partial charge in [-0.25, -0.2) is 0 Å². The molecule has 0 aromatic carbocycles. The third-order valence-electron chi connectivity index (χ3n) is 1.59. The van der Waals surface area contributed by atoms with Gasteiger partial charge in [0.05, 0.1) is 6.61 Å². The monoisotopic (exact) mass is 191 g/mol. The summed E-state index contributed by atoms with van der Waals surface area (Å²) < 4.78 is 30.8. The third kappa shape index (κ3) is 3.14. The van der Waals surface area contributed by atoms with Crippen molar-refractivity contribution in [3.8, 4) is 0 Å². The number of halogens is 2. The van der Waals surface area contributed by atoms with E-state index in [0.717, 1.165) is 0 Å². The lowest BCUT2D eigenvalue weighted by Crippen LogP contribution is -2.41. The molecule has 13 heavy (non-hydrogen) atoms. The average molecular weight is 191 g/mol. The highest BCUT2D eigenvalue weighted by atomic mass is 19.3. The molecule has 2 N–H and O–H groups in total. The van der Waals surface area contributed by atoms with Crippen LogP contribution in [0.25, 0.3) is 0 Å². The Morgan fingerprint density at radius 3 is 2.54 bits per heavy atom. The van der Waals surface area contributed by atoms with Gasteiger partial charge in [0.2, 0.25) is 0 Å². The molecule has 0 aromatic rings. The van der Waals surface area contributed by atoms with Gasteiger partial charge >= 0.3 is 0 Å². The zero-order valence-electron chi connectivity index (χ0n) is 7.89. The van der Waals surface area contributed by atoms with Crippen LogP contribution in [0.5, 0.6) is 0 Å². The lowest BCUT2D eigenvalue weighted by atomic mass is 10.1. The van der Waals surface area contributed by atoms with Crippen molar-refractivity contribution < 1.29 is 13.5 Å². The van der Waals surface area contributed by atoms with E-state index in [2.05, 4.69) is 6.58 Å². The molecule has 0 aliphatic carbocycles. The van der Waals surface area contributed by atoms with Gasteiger partial charge in [-0.15, -0.1) is 0 Å². The largest absolute Gasteiger partial charge is 0.497 e. The SMILES string of the molecule is C=CC(F)(F)C(N)/C(=C/C)OCC. The molecule has 0 rings (SSSR count). The number of alkyl halides is 2. The highest BCUT2D eigenvalue weighted by molar-refractivity contribution is 5.11. The van der Waals surface area contributed by atoms with Crippen LogP contribution < -0.4 is 5.73 Å². The molecular formula is C9H15F2NO. The van der Waals surface area contributed by atoms with E-state index in [1.807, 2.05) is 0 Å². The van der Waals surface area contributed by atoms with Crippen molar-refractivity contribution in [2.24, 2.45) is 5.73 Å². The second-order valence-electron chi connectivity index (χ2n) is 2.48. The Bertz CT molecular complexity index is 202. The van der Waals surface area contributed by atoms with Crippen molar-refractivity contribution in [3.63, 3.8) is 0 Å². The molecule has 0 radical (unpaired) electrons. The normalized spacial score (nSPS) is 15.3. The van der Waals surface area contributed by atoms with Gasteiger partial charge in [-0.2, -0.15) is 8.78 Å². The maximum Gasteiger partial charge on any atom is 0.288 e. The number of allylic oxidation sites excluding steroid dienone is 1. The van der Waals surface area contributed by atoms with Crippen LogP contribution >= 0.6 is 0 Å². The summed E-state index contributed by atoms with van der Waals surface area (Å²) in [4.78, 5) is 0. The van der Waals surface area contributed by atoms with E-state index in [-0.39, 0.29) is 5.76 Å². The number of rotatable bonds is 5. The summed E-state index contributed by atoms with van der Waals surface area (Å²) in [5.74, 6) is -3.04.